The molecule has 5 aromatic rings. The summed E-state index contributed by atoms with van der Waals surface area (Å²) in [7, 11) is 3.93. The number of anilines is 2. The Hall–Kier alpha value is -4.97. The average Bonchev–Trinajstić information content (AvgIpc) is 3.57. The highest BCUT2D eigenvalue weighted by Crippen LogP contribution is 2.28. The van der Waals surface area contributed by atoms with E-state index in [9.17, 15) is 10.1 Å². The van der Waals surface area contributed by atoms with Gasteiger partial charge in [0.1, 0.15) is 12.0 Å². The average molecular weight is 477 g/mol. The molecular weight excluding hydrogens is 452 g/mol. The van der Waals surface area contributed by atoms with Crippen LogP contribution < -0.4 is 10.2 Å². The van der Waals surface area contributed by atoms with E-state index in [0.29, 0.717) is 11.3 Å². The summed E-state index contributed by atoms with van der Waals surface area (Å²) in [6.45, 7) is 0. The molecule has 0 bridgehead atoms. The van der Waals surface area contributed by atoms with Gasteiger partial charge in [0.15, 0.2) is 0 Å². The molecule has 9 heteroatoms. The Kier molecular flexibility index (Phi) is 6.16. The molecule has 0 saturated carbocycles. The summed E-state index contributed by atoms with van der Waals surface area (Å²) < 4.78 is 1.75. The van der Waals surface area contributed by atoms with Gasteiger partial charge in [0.25, 0.3) is 5.91 Å². The molecule has 9 nitrogen and oxygen atoms in total. The number of nitriles is 1. The van der Waals surface area contributed by atoms with Gasteiger partial charge in [0.2, 0.25) is 0 Å². The predicted molar refractivity (Wildman–Crippen MR) is 139 cm³/mol. The minimum atomic E-state index is -0.362. The van der Waals surface area contributed by atoms with E-state index >= 15 is 0 Å². The molecule has 0 radical (unpaired) electrons. The van der Waals surface area contributed by atoms with Crippen LogP contribution in [-0.2, 0) is 0 Å². The highest BCUT2D eigenvalue weighted by molar-refractivity contribution is 6.04. The van der Waals surface area contributed by atoms with Crippen molar-refractivity contribution in [3.63, 3.8) is 0 Å². The van der Waals surface area contributed by atoms with E-state index in [1.807, 2.05) is 79.9 Å². The smallest absolute Gasteiger partial charge is 0.255 e. The maximum Gasteiger partial charge on any atom is 0.255 e. The summed E-state index contributed by atoms with van der Waals surface area (Å²) >= 11 is 0. The fraction of sp³-hybridized carbons (Fsp3) is 0.148. The molecule has 0 spiro atoms. The Labute approximate surface area is 208 Å². The maximum atomic E-state index is 13.0. The van der Waals surface area contributed by atoms with Crippen LogP contribution in [0, 0.1) is 11.3 Å². The Morgan fingerprint density at radius 1 is 1.17 bits per heavy atom. The minimum Gasteiger partial charge on any atom is -0.378 e. The first kappa shape index (κ1) is 22.8. The largest absolute Gasteiger partial charge is 0.378 e. The summed E-state index contributed by atoms with van der Waals surface area (Å²) in [5.74, 6) is -0.220. The highest BCUT2D eigenvalue weighted by Gasteiger charge is 2.18. The van der Waals surface area contributed by atoms with Gasteiger partial charge in [0.05, 0.1) is 30.4 Å². The second kappa shape index (κ2) is 9.72. The van der Waals surface area contributed by atoms with E-state index < -0.39 is 0 Å². The van der Waals surface area contributed by atoms with Crippen LogP contribution in [0.1, 0.15) is 28.4 Å². The van der Waals surface area contributed by atoms with Gasteiger partial charge in [-0.1, -0.05) is 12.1 Å². The molecule has 0 aliphatic rings. The minimum absolute atomic E-state index is 0.196. The van der Waals surface area contributed by atoms with E-state index in [4.69, 9.17) is 0 Å². The lowest BCUT2D eigenvalue weighted by molar-refractivity contribution is 0.102. The molecule has 2 aromatic carbocycles. The number of aromatic nitrogens is 5. The molecule has 2 N–H and O–H groups in total. The Morgan fingerprint density at radius 2 is 2.00 bits per heavy atom. The molecule has 1 amide bonds. The van der Waals surface area contributed by atoms with Crippen LogP contribution in [0.3, 0.4) is 0 Å². The van der Waals surface area contributed by atoms with Crippen LogP contribution >= 0.6 is 0 Å². The third kappa shape index (κ3) is 4.52. The molecule has 1 unspecified atom stereocenters. The van der Waals surface area contributed by atoms with E-state index in [2.05, 4.69) is 31.4 Å². The van der Waals surface area contributed by atoms with Crippen molar-refractivity contribution in [1.29, 1.82) is 5.26 Å². The first-order valence-electron chi connectivity index (χ1n) is 11.4. The summed E-state index contributed by atoms with van der Waals surface area (Å²) in [5, 5.41) is 17.9. The van der Waals surface area contributed by atoms with Crippen molar-refractivity contribution in [3.8, 4) is 17.3 Å². The Balaban J connectivity index is 1.40. The van der Waals surface area contributed by atoms with Gasteiger partial charge >= 0.3 is 0 Å². The van der Waals surface area contributed by atoms with E-state index in [1.54, 1.807) is 16.9 Å². The predicted octanol–water partition coefficient (Wildman–Crippen LogP) is 4.64. The summed E-state index contributed by atoms with van der Waals surface area (Å²) in [5.41, 5.74) is 5.41. The van der Waals surface area contributed by atoms with Gasteiger partial charge in [-0.3, -0.25) is 9.48 Å². The van der Waals surface area contributed by atoms with Crippen molar-refractivity contribution in [2.24, 2.45) is 0 Å². The number of hydrogen-bond donors (Lipinski definition) is 2. The molecule has 1 atom stereocenters. The number of benzene rings is 2. The molecule has 0 fully saturated rings. The van der Waals surface area contributed by atoms with Crippen LogP contribution in [0.5, 0.6) is 0 Å². The fourth-order valence-electron chi connectivity index (χ4n) is 4.12. The molecule has 36 heavy (non-hydrogen) atoms. The van der Waals surface area contributed by atoms with E-state index in [0.717, 1.165) is 33.5 Å². The molecule has 5 rings (SSSR count). The lowest BCUT2D eigenvalue weighted by Crippen LogP contribution is -2.15. The van der Waals surface area contributed by atoms with E-state index in [-0.39, 0.29) is 18.4 Å². The number of rotatable bonds is 7. The number of aromatic amines is 1. The van der Waals surface area contributed by atoms with Crippen LogP contribution in [0.2, 0.25) is 0 Å². The zero-order valence-corrected chi connectivity index (χ0v) is 19.9. The van der Waals surface area contributed by atoms with Gasteiger partial charge in [-0.2, -0.15) is 10.4 Å². The topological polar surface area (TPSA) is 116 Å². The second-order valence-corrected chi connectivity index (χ2v) is 8.57. The van der Waals surface area contributed by atoms with Crippen LogP contribution in [0.25, 0.3) is 22.3 Å². The van der Waals surface area contributed by atoms with Crippen molar-refractivity contribution in [2.75, 3.05) is 24.3 Å². The van der Waals surface area contributed by atoms with Gasteiger partial charge < -0.3 is 15.2 Å². The summed E-state index contributed by atoms with van der Waals surface area (Å²) in [6.07, 6.45) is 7.12. The number of nitrogens with zero attached hydrogens (tertiary/aromatic N) is 6. The summed E-state index contributed by atoms with van der Waals surface area (Å²) in [6, 6.07) is 18.7. The van der Waals surface area contributed by atoms with Gasteiger partial charge in [0, 0.05) is 54.4 Å². The Bertz CT molecular complexity index is 1560. The van der Waals surface area contributed by atoms with Crippen molar-refractivity contribution in [1.82, 2.24) is 24.7 Å². The summed E-state index contributed by atoms with van der Waals surface area (Å²) in [4.78, 5) is 26.7. The molecule has 3 aromatic heterocycles. The van der Waals surface area contributed by atoms with Crippen molar-refractivity contribution >= 4 is 28.3 Å². The van der Waals surface area contributed by atoms with Gasteiger partial charge in [-0.05, 0) is 48.0 Å². The zero-order valence-electron chi connectivity index (χ0n) is 19.9. The molecule has 0 saturated heterocycles. The number of carbonyl (C=O) groups is 1. The normalized spacial score (nSPS) is 11.7. The first-order valence-corrected chi connectivity index (χ1v) is 11.4. The molecule has 3 heterocycles. The number of nitrogens with one attached hydrogen (secondary N) is 2. The highest BCUT2D eigenvalue weighted by atomic mass is 16.1. The van der Waals surface area contributed by atoms with Crippen molar-refractivity contribution in [3.05, 3.63) is 90.6 Å². The first-order chi connectivity index (χ1) is 17.5. The molecule has 0 aliphatic carbocycles. The zero-order chi connectivity index (χ0) is 25.1. The third-order valence-corrected chi connectivity index (χ3v) is 6.01. The van der Waals surface area contributed by atoms with E-state index in [1.165, 1.54) is 6.33 Å². The fourth-order valence-corrected chi connectivity index (χ4v) is 4.12. The monoisotopic (exact) mass is 476 g/mol. The number of carbonyl (C=O) groups excluding carboxylic acids is 1. The van der Waals surface area contributed by atoms with Crippen LogP contribution in [-0.4, -0.2) is 44.7 Å². The standard InChI is InChI=1S/C27H24N8O/c1-34(2)22-8-6-21(7-9-22)33-27(36)19-5-3-4-18(14-19)24(10-12-28)35-16-20(15-32-35)25-23-11-13-29-26(23)31-17-30-25/h3-9,11,13-17,24H,10H2,1-2H3,(H,33,36)(H,29,30,31). The number of H-pyrrole nitrogens is 1. The van der Waals surface area contributed by atoms with Gasteiger partial charge in [-0.15, -0.1) is 0 Å². The van der Waals surface area contributed by atoms with Crippen LogP contribution in [0.15, 0.2) is 79.5 Å². The van der Waals surface area contributed by atoms with Crippen molar-refractivity contribution < 1.29 is 4.79 Å². The lowest BCUT2D eigenvalue weighted by Gasteiger charge is -2.16. The van der Waals surface area contributed by atoms with Crippen molar-refractivity contribution in [2.45, 2.75) is 12.5 Å². The number of hydrogen-bond acceptors (Lipinski definition) is 6. The number of fused-ring (bicyclic) bond motifs is 1. The third-order valence-electron chi connectivity index (χ3n) is 6.01. The second-order valence-electron chi connectivity index (χ2n) is 8.57. The SMILES string of the molecule is CN(C)c1ccc(NC(=O)c2cccc(C(CC#N)n3cc(-c4ncnc5[nH]ccc45)cn3)c2)cc1. The lowest BCUT2D eigenvalue weighted by atomic mass is 10.0. The maximum absolute atomic E-state index is 13.0. The molecule has 0 aliphatic heterocycles. The molecular formula is C27H24N8O. The van der Waals surface area contributed by atoms with Crippen LogP contribution in [0.4, 0.5) is 11.4 Å². The Morgan fingerprint density at radius 3 is 2.78 bits per heavy atom. The number of amides is 1. The quantitative estimate of drug-likeness (QED) is 0.353. The van der Waals surface area contributed by atoms with Gasteiger partial charge in [-0.25, -0.2) is 9.97 Å². The molecule has 178 valence electrons.